The summed E-state index contributed by atoms with van der Waals surface area (Å²) in [6.07, 6.45) is -4.35. The van der Waals surface area contributed by atoms with Gasteiger partial charge in [-0.15, -0.1) is 0 Å². The van der Waals surface area contributed by atoms with Crippen molar-refractivity contribution in [3.63, 3.8) is 0 Å². The van der Waals surface area contributed by atoms with Gasteiger partial charge in [0.2, 0.25) is 0 Å². The minimum absolute atomic E-state index is 0.0143. The fraction of sp³-hybridized carbons (Fsp3) is 0.455. The van der Waals surface area contributed by atoms with Gasteiger partial charge in [0.25, 0.3) is 0 Å². The molecule has 1 unspecified atom stereocenters. The quantitative estimate of drug-likeness (QED) is 0.665. The molecule has 0 aliphatic rings. The van der Waals surface area contributed by atoms with Gasteiger partial charge in [-0.25, -0.2) is 0 Å². The van der Waals surface area contributed by atoms with Crippen molar-refractivity contribution < 1.29 is 22.1 Å². The molecule has 1 rings (SSSR count). The summed E-state index contributed by atoms with van der Waals surface area (Å²) in [5.74, 6) is 0.0143. The first-order valence-electron chi connectivity index (χ1n) is 5.18. The topological polar surface area (TPSA) is 52.3 Å². The molecule has 0 amide bonds. The third kappa shape index (κ3) is 5.05. The minimum Gasteiger partial charge on any atom is -0.399 e. The maximum atomic E-state index is 11.8. The number of halogens is 3. The van der Waals surface area contributed by atoms with E-state index in [1.807, 2.05) is 0 Å². The number of nitrogen functional groups attached to an aromatic ring is 1. The highest BCUT2D eigenvalue weighted by Crippen LogP contribution is 2.17. The van der Waals surface area contributed by atoms with Crippen LogP contribution in [-0.2, 0) is 15.5 Å². The van der Waals surface area contributed by atoms with Crippen LogP contribution in [0.2, 0.25) is 0 Å². The summed E-state index contributed by atoms with van der Waals surface area (Å²) in [5.41, 5.74) is 6.83. The Balaban J connectivity index is 2.48. The van der Waals surface area contributed by atoms with Crippen molar-refractivity contribution in [3.8, 4) is 0 Å². The lowest BCUT2D eigenvalue weighted by Crippen LogP contribution is -2.19. The second-order valence-electron chi connectivity index (χ2n) is 3.74. The normalized spacial score (nSPS) is 13.6. The van der Waals surface area contributed by atoms with Crippen LogP contribution in [-0.4, -0.2) is 29.4 Å². The average Bonchev–Trinajstić information content (AvgIpc) is 2.26. The number of rotatable bonds is 5. The summed E-state index contributed by atoms with van der Waals surface area (Å²) in [7, 11) is -1.41. The number of hydrogen-bond donors (Lipinski definition) is 1. The molecule has 1 atom stereocenters. The Bertz CT molecular complexity index is 435. The van der Waals surface area contributed by atoms with E-state index in [1.54, 1.807) is 25.1 Å². The first kappa shape index (κ1) is 15.0. The van der Waals surface area contributed by atoms with Crippen LogP contribution in [0.3, 0.4) is 0 Å². The highest BCUT2D eigenvalue weighted by Gasteiger charge is 2.27. The van der Waals surface area contributed by atoms with Crippen molar-refractivity contribution in [2.24, 2.45) is 0 Å². The molecule has 18 heavy (non-hydrogen) atoms. The summed E-state index contributed by atoms with van der Waals surface area (Å²) in [4.78, 5) is 0.533. The van der Waals surface area contributed by atoms with Gasteiger partial charge < -0.3 is 10.5 Å². The smallest absolute Gasteiger partial charge is 0.399 e. The van der Waals surface area contributed by atoms with E-state index in [0.29, 0.717) is 10.6 Å². The summed E-state index contributed by atoms with van der Waals surface area (Å²) < 4.78 is 51.7. The van der Waals surface area contributed by atoms with Gasteiger partial charge in [0.1, 0.15) is 6.61 Å². The molecule has 0 fully saturated rings. The second-order valence-corrected chi connectivity index (χ2v) is 5.28. The third-order valence-electron chi connectivity index (χ3n) is 2.14. The Morgan fingerprint density at radius 1 is 1.39 bits per heavy atom. The molecule has 0 saturated heterocycles. The zero-order valence-corrected chi connectivity index (χ0v) is 10.6. The Morgan fingerprint density at radius 2 is 2.06 bits per heavy atom. The van der Waals surface area contributed by atoms with E-state index >= 15 is 0 Å². The van der Waals surface area contributed by atoms with Crippen LogP contribution in [0.15, 0.2) is 23.1 Å². The molecule has 1 aromatic carbocycles. The van der Waals surface area contributed by atoms with Gasteiger partial charge in [-0.05, 0) is 24.6 Å². The predicted molar refractivity (Wildman–Crippen MR) is 63.7 cm³/mol. The van der Waals surface area contributed by atoms with Crippen molar-refractivity contribution in [2.45, 2.75) is 18.0 Å². The Labute approximate surface area is 106 Å². The van der Waals surface area contributed by atoms with Crippen molar-refractivity contribution in [2.75, 3.05) is 24.7 Å². The molecule has 0 aromatic heterocycles. The molecule has 2 N–H and O–H groups in total. The van der Waals surface area contributed by atoms with Crippen molar-refractivity contribution in [1.82, 2.24) is 0 Å². The second kappa shape index (κ2) is 6.19. The van der Waals surface area contributed by atoms with E-state index in [0.717, 1.165) is 5.56 Å². The molecule has 0 aliphatic carbocycles. The molecule has 0 spiro atoms. The van der Waals surface area contributed by atoms with E-state index in [1.165, 1.54) is 0 Å². The van der Waals surface area contributed by atoms with Crippen LogP contribution in [0, 0.1) is 6.92 Å². The zero-order chi connectivity index (χ0) is 13.8. The fourth-order valence-electron chi connectivity index (χ4n) is 1.29. The lowest BCUT2D eigenvalue weighted by molar-refractivity contribution is -0.172. The molecular formula is C11H14F3NO2S. The van der Waals surface area contributed by atoms with E-state index in [9.17, 15) is 17.4 Å². The maximum Gasteiger partial charge on any atom is 0.411 e. The van der Waals surface area contributed by atoms with Gasteiger partial charge in [-0.1, -0.05) is 6.07 Å². The number of anilines is 1. The number of ether oxygens (including phenoxy) is 1. The standard InChI is InChI=1S/C11H14F3NO2S/c1-8-2-3-9(15)6-10(8)18(16)5-4-17-7-11(12,13)14/h2-3,6H,4-5,7,15H2,1H3. The summed E-state index contributed by atoms with van der Waals surface area (Å²) >= 11 is 0. The Morgan fingerprint density at radius 3 is 2.67 bits per heavy atom. The number of aryl methyl sites for hydroxylation is 1. The van der Waals surface area contributed by atoms with E-state index in [-0.39, 0.29) is 12.4 Å². The molecule has 3 nitrogen and oxygen atoms in total. The molecular weight excluding hydrogens is 267 g/mol. The molecule has 0 radical (unpaired) electrons. The van der Waals surface area contributed by atoms with Gasteiger partial charge in [-0.3, -0.25) is 4.21 Å². The van der Waals surface area contributed by atoms with Crippen LogP contribution in [0.5, 0.6) is 0 Å². The van der Waals surface area contributed by atoms with E-state index < -0.39 is 23.6 Å². The van der Waals surface area contributed by atoms with Crippen molar-refractivity contribution in [3.05, 3.63) is 23.8 Å². The van der Waals surface area contributed by atoms with Gasteiger partial charge in [0.15, 0.2) is 0 Å². The molecule has 0 saturated carbocycles. The van der Waals surface area contributed by atoms with Gasteiger partial charge in [-0.2, -0.15) is 13.2 Å². The van der Waals surface area contributed by atoms with Crippen LogP contribution >= 0.6 is 0 Å². The van der Waals surface area contributed by atoms with Crippen LogP contribution < -0.4 is 5.73 Å². The van der Waals surface area contributed by atoms with Crippen LogP contribution in [0.4, 0.5) is 18.9 Å². The van der Waals surface area contributed by atoms with Crippen LogP contribution in [0.1, 0.15) is 5.56 Å². The van der Waals surface area contributed by atoms with E-state index in [4.69, 9.17) is 5.73 Å². The molecule has 0 bridgehead atoms. The predicted octanol–water partition coefficient (Wildman–Crippen LogP) is 2.26. The zero-order valence-electron chi connectivity index (χ0n) is 9.79. The highest BCUT2D eigenvalue weighted by molar-refractivity contribution is 7.85. The molecule has 102 valence electrons. The van der Waals surface area contributed by atoms with Gasteiger partial charge in [0.05, 0.1) is 23.2 Å². The lowest BCUT2D eigenvalue weighted by atomic mass is 10.2. The highest BCUT2D eigenvalue weighted by atomic mass is 32.2. The third-order valence-corrected chi connectivity index (χ3v) is 3.60. The summed E-state index contributed by atoms with van der Waals surface area (Å²) in [6, 6.07) is 4.96. The Hall–Kier alpha value is -1.08. The number of alkyl halides is 3. The minimum atomic E-state index is -4.35. The lowest BCUT2D eigenvalue weighted by Gasteiger charge is -2.09. The largest absolute Gasteiger partial charge is 0.411 e. The van der Waals surface area contributed by atoms with Crippen LogP contribution in [0.25, 0.3) is 0 Å². The summed E-state index contributed by atoms with van der Waals surface area (Å²) in [6.45, 7) is 0.240. The van der Waals surface area contributed by atoms with E-state index in [2.05, 4.69) is 4.74 Å². The van der Waals surface area contributed by atoms with Crippen molar-refractivity contribution in [1.29, 1.82) is 0 Å². The summed E-state index contributed by atoms with van der Waals surface area (Å²) in [5, 5.41) is 0. The monoisotopic (exact) mass is 281 g/mol. The number of benzene rings is 1. The maximum absolute atomic E-state index is 11.8. The average molecular weight is 281 g/mol. The van der Waals surface area contributed by atoms with Gasteiger partial charge in [0, 0.05) is 10.6 Å². The number of nitrogens with two attached hydrogens (primary N) is 1. The fourth-order valence-corrected chi connectivity index (χ4v) is 2.48. The Kier molecular flexibility index (Phi) is 5.15. The number of hydrogen-bond acceptors (Lipinski definition) is 3. The molecule has 7 heteroatoms. The molecule has 1 aromatic rings. The first-order valence-corrected chi connectivity index (χ1v) is 6.50. The SMILES string of the molecule is Cc1ccc(N)cc1S(=O)CCOCC(F)(F)F. The first-order chi connectivity index (χ1) is 8.29. The van der Waals surface area contributed by atoms with Crippen molar-refractivity contribution >= 4 is 16.5 Å². The molecule has 0 aliphatic heterocycles. The molecule has 0 heterocycles. The van der Waals surface area contributed by atoms with Gasteiger partial charge >= 0.3 is 6.18 Å².